The van der Waals surface area contributed by atoms with Gasteiger partial charge in [0.05, 0.1) is 0 Å². The van der Waals surface area contributed by atoms with E-state index in [2.05, 4.69) is 11.9 Å². The van der Waals surface area contributed by atoms with Gasteiger partial charge in [-0.15, -0.1) is 11.8 Å². The van der Waals surface area contributed by atoms with Crippen LogP contribution in [0.3, 0.4) is 0 Å². The maximum Gasteiger partial charge on any atom is 0.0399 e. The van der Waals surface area contributed by atoms with E-state index in [1.807, 2.05) is 26.3 Å². The minimum atomic E-state index is 0.991. The Morgan fingerprint density at radius 1 is 1.67 bits per heavy atom. The predicted octanol–water partition coefficient (Wildman–Crippen LogP) is 1.99. The third-order valence-corrected chi connectivity index (χ3v) is 2.00. The number of thioether (sulfide) groups is 1. The largest absolute Gasteiger partial charge is 0.388 e. The molecule has 0 aromatic heterocycles. The maximum atomic E-state index is 3.81. The fourth-order valence-corrected chi connectivity index (χ4v) is 1.12. The van der Waals surface area contributed by atoms with Gasteiger partial charge in [-0.1, -0.05) is 12.7 Å². The molecular weight excluding hydrogens is 130 g/mol. The van der Waals surface area contributed by atoms with Crippen molar-refractivity contribution in [1.82, 2.24) is 5.32 Å². The molecule has 0 aliphatic heterocycles. The van der Waals surface area contributed by atoms with Gasteiger partial charge in [0, 0.05) is 17.6 Å². The highest BCUT2D eigenvalue weighted by atomic mass is 32.2. The Kier molecular flexibility index (Phi) is 4.32. The molecule has 0 aromatic rings. The Hall–Kier alpha value is -0.370. The van der Waals surface area contributed by atoms with Gasteiger partial charge in [-0.3, -0.25) is 0 Å². The number of allylic oxidation sites excluding steroid dienone is 1. The van der Waals surface area contributed by atoms with Gasteiger partial charge in [0.15, 0.2) is 0 Å². The van der Waals surface area contributed by atoms with Gasteiger partial charge < -0.3 is 5.32 Å². The average molecular weight is 143 g/mol. The van der Waals surface area contributed by atoms with Crippen molar-refractivity contribution in [2.45, 2.75) is 6.92 Å². The van der Waals surface area contributed by atoms with Crippen molar-refractivity contribution in [3.05, 3.63) is 23.3 Å². The van der Waals surface area contributed by atoms with Crippen LogP contribution in [-0.4, -0.2) is 13.3 Å². The Morgan fingerprint density at radius 3 is 2.33 bits per heavy atom. The van der Waals surface area contributed by atoms with Crippen LogP contribution in [0.4, 0.5) is 0 Å². The zero-order valence-corrected chi connectivity index (χ0v) is 7.01. The van der Waals surface area contributed by atoms with Crippen LogP contribution in [-0.2, 0) is 0 Å². The molecule has 1 nitrogen and oxygen atoms in total. The molecule has 0 fully saturated rings. The second kappa shape index (κ2) is 4.50. The predicted molar refractivity (Wildman–Crippen MR) is 45.5 cm³/mol. The first-order valence-electron chi connectivity index (χ1n) is 2.83. The van der Waals surface area contributed by atoms with E-state index in [1.54, 1.807) is 11.8 Å². The summed E-state index contributed by atoms with van der Waals surface area (Å²) in [5, 5.41) is 2.98. The zero-order valence-electron chi connectivity index (χ0n) is 6.19. The summed E-state index contributed by atoms with van der Waals surface area (Å²) in [5.41, 5.74) is 0.991. The molecule has 0 saturated carbocycles. The summed E-state index contributed by atoms with van der Waals surface area (Å²) in [4.78, 5) is 1.21. The highest BCUT2D eigenvalue weighted by Crippen LogP contribution is 2.16. The van der Waals surface area contributed by atoms with Crippen LogP contribution in [0, 0.1) is 0 Å². The second-order valence-corrected chi connectivity index (χ2v) is 2.43. The molecule has 2 heteroatoms. The summed E-state index contributed by atoms with van der Waals surface area (Å²) in [5.74, 6) is 0. The van der Waals surface area contributed by atoms with Crippen molar-refractivity contribution in [1.29, 1.82) is 0 Å². The molecule has 0 radical (unpaired) electrons. The van der Waals surface area contributed by atoms with Gasteiger partial charge in [-0.2, -0.15) is 0 Å². The van der Waals surface area contributed by atoms with Crippen molar-refractivity contribution in [3.63, 3.8) is 0 Å². The third kappa shape index (κ3) is 2.61. The number of nitrogens with one attached hydrogen (secondary N) is 1. The monoisotopic (exact) mass is 143 g/mol. The topological polar surface area (TPSA) is 12.0 Å². The minimum Gasteiger partial charge on any atom is -0.388 e. The molecule has 0 aromatic carbocycles. The molecule has 0 spiro atoms. The molecular formula is C7H13NS. The van der Waals surface area contributed by atoms with Crippen molar-refractivity contribution < 1.29 is 0 Å². The molecule has 0 bridgehead atoms. The number of rotatable bonds is 3. The van der Waals surface area contributed by atoms with E-state index < -0.39 is 0 Å². The normalized spacial score (nSPS) is 11.2. The Balaban J connectivity index is 3.97. The second-order valence-electron chi connectivity index (χ2n) is 1.59. The smallest absolute Gasteiger partial charge is 0.0399 e. The van der Waals surface area contributed by atoms with Crippen LogP contribution < -0.4 is 5.32 Å². The molecule has 0 unspecified atom stereocenters. The van der Waals surface area contributed by atoms with Crippen molar-refractivity contribution in [2.24, 2.45) is 0 Å². The Morgan fingerprint density at radius 2 is 2.22 bits per heavy atom. The highest BCUT2D eigenvalue weighted by molar-refractivity contribution is 8.02. The first-order valence-corrected chi connectivity index (χ1v) is 4.06. The molecule has 0 aliphatic carbocycles. The lowest BCUT2D eigenvalue weighted by atomic mass is 10.4. The lowest BCUT2D eigenvalue weighted by Gasteiger charge is -2.04. The van der Waals surface area contributed by atoms with Crippen LogP contribution >= 0.6 is 11.8 Å². The van der Waals surface area contributed by atoms with Crippen molar-refractivity contribution >= 4 is 11.8 Å². The standard InChI is InChI=1S/C7H13NS/c1-5-7(9-4)6(2)8-3/h5,8H,2H2,1,3-4H3/b7-5-. The van der Waals surface area contributed by atoms with Gasteiger partial charge in [-0.05, 0) is 13.2 Å². The molecule has 9 heavy (non-hydrogen) atoms. The quantitative estimate of drug-likeness (QED) is 0.606. The van der Waals surface area contributed by atoms with E-state index >= 15 is 0 Å². The lowest BCUT2D eigenvalue weighted by Crippen LogP contribution is -2.04. The van der Waals surface area contributed by atoms with Gasteiger partial charge >= 0.3 is 0 Å². The van der Waals surface area contributed by atoms with Crippen LogP contribution in [0.5, 0.6) is 0 Å². The molecule has 52 valence electrons. The van der Waals surface area contributed by atoms with Gasteiger partial charge in [0.2, 0.25) is 0 Å². The lowest BCUT2D eigenvalue weighted by molar-refractivity contribution is 1.03. The summed E-state index contributed by atoms with van der Waals surface area (Å²) in [6.07, 6.45) is 4.08. The van der Waals surface area contributed by atoms with Crippen LogP contribution in [0.25, 0.3) is 0 Å². The van der Waals surface area contributed by atoms with E-state index in [1.165, 1.54) is 4.91 Å². The molecule has 0 rings (SSSR count). The van der Waals surface area contributed by atoms with Gasteiger partial charge in [0.1, 0.15) is 0 Å². The van der Waals surface area contributed by atoms with E-state index in [9.17, 15) is 0 Å². The fraction of sp³-hybridized carbons (Fsp3) is 0.429. The van der Waals surface area contributed by atoms with E-state index in [-0.39, 0.29) is 0 Å². The molecule has 0 saturated heterocycles. The maximum absolute atomic E-state index is 3.81. The van der Waals surface area contributed by atoms with E-state index in [0.717, 1.165) is 5.70 Å². The SMILES string of the molecule is C=C(NC)/C(=C/C)SC. The molecule has 0 heterocycles. The van der Waals surface area contributed by atoms with Crippen LogP contribution in [0.2, 0.25) is 0 Å². The third-order valence-electron chi connectivity index (χ3n) is 1.08. The first-order chi connectivity index (χ1) is 4.26. The Labute approximate surface area is 61.2 Å². The van der Waals surface area contributed by atoms with Gasteiger partial charge in [-0.25, -0.2) is 0 Å². The summed E-state index contributed by atoms with van der Waals surface area (Å²) >= 11 is 1.70. The fourth-order valence-electron chi connectivity index (χ4n) is 0.538. The summed E-state index contributed by atoms with van der Waals surface area (Å²) < 4.78 is 0. The molecule has 1 N–H and O–H groups in total. The minimum absolute atomic E-state index is 0.991. The Bertz CT molecular complexity index is 127. The van der Waals surface area contributed by atoms with Crippen molar-refractivity contribution in [3.8, 4) is 0 Å². The van der Waals surface area contributed by atoms with E-state index in [0.29, 0.717) is 0 Å². The molecule has 0 amide bonds. The number of hydrogen-bond acceptors (Lipinski definition) is 2. The molecule has 0 atom stereocenters. The summed E-state index contributed by atoms with van der Waals surface area (Å²) in [6, 6.07) is 0. The summed E-state index contributed by atoms with van der Waals surface area (Å²) in [7, 11) is 1.88. The van der Waals surface area contributed by atoms with Gasteiger partial charge in [0.25, 0.3) is 0 Å². The first kappa shape index (κ1) is 8.63. The van der Waals surface area contributed by atoms with E-state index in [4.69, 9.17) is 0 Å². The molecule has 0 aliphatic rings. The zero-order chi connectivity index (χ0) is 7.28. The van der Waals surface area contributed by atoms with Crippen LogP contribution in [0.1, 0.15) is 6.92 Å². The highest BCUT2D eigenvalue weighted by Gasteiger charge is 1.93. The number of likely N-dealkylation sites (N-methyl/N-ethyl adjacent to an activating group) is 1. The number of hydrogen-bond donors (Lipinski definition) is 1. The van der Waals surface area contributed by atoms with Crippen LogP contribution in [0.15, 0.2) is 23.3 Å². The van der Waals surface area contributed by atoms with Crippen molar-refractivity contribution in [2.75, 3.05) is 13.3 Å². The summed E-state index contributed by atoms with van der Waals surface area (Å²) in [6.45, 7) is 5.82. The average Bonchev–Trinajstić information content (AvgIpc) is 1.90.